The highest BCUT2D eigenvalue weighted by molar-refractivity contribution is 5.98. The Bertz CT molecular complexity index is 874. The molecular weight excluding hydrogens is 334 g/mol. The molecule has 0 aliphatic carbocycles. The second kappa shape index (κ2) is 9.24. The van der Waals surface area contributed by atoms with Crippen LogP contribution in [0.3, 0.4) is 0 Å². The van der Waals surface area contributed by atoms with Crippen LogP contribution in [-0.2, 0) is 4.79 Å². The molecule has 0 aliphatic heterocycles. The first-order chi connectivity index (χ1) is 12.5. The number of carbonyl (C=O) groups excluding carboxylic acids is 2. The second-order valence-corrected chi connectivity index (χ2v) is 5.37. The Balaban J connectivity index is 2.02. The molecule has 0 fully saturated rings. The topological polar surface area (TPSA) is 99.8 Å². The van der Waals surface area contributed by atoms with Gasteiger partial charge < -0.3 is 19.9 Å². The first-order valence-corrected chi connectivity index (χ1v) is 7.79. The minimum absolute atomic E-state index is 0.300. The third-order valence-electron chi connectivity index (χ3n) is 3.40. The lowest BCUT2D eigenvalue weighted by molar-refractivity contribution is -0.125. The van der Waals surface area contributed by atoms with E-state index in [1.165, 1.54) is 13.2 Å². The van der Waals surface area contributed by atoms with Crippen LogP contribution in [0.25, 0.3) is 0 Å². The van der Waals surface area contributed by atoms with Crippen LogP contribution in [0, 0.1) is 23.7 Å². The molecule has 0 unspecified atom stereocenters. The molecule has 1 amide bonds. The minimum Gasteiger partial charge on any atom is -0.456 e. The van der Waals surface area contributed by atoms with Gasteiger partial charge in [-0.2, -0.15) is 0 Å². The van der Waals surface area contributed by atoms with Gasteiger partial charge >= 0.3 is 0 Å². The largest absolute Gasteiger partial charge is 0.456 e. The van der Waals surface area contributed by atoms with Gasteiger partial charge in [0.25, 0.3) is 5.91 Å². The first kappa shape index (κ1) is 19.0. The predicted octanol–water partition coefficient (Wildman–Crippen LogP) is 0.723. The number of Topliss-reactive ketones (excluding diaryl/α,β-unsaturated/α-hetero) is 1. The van der Waals surface area contributed by atoms with Crippen LogP contribution in [0.1, 0.15) is 28.6 Å². The first-order valence-electron chi connectivity index (χ1n) is 7.79. The zero-order chi connectivity index (χ0) is 18.9. The summed E-state index contributed by atoms with van der Waals surface area (Å²) in [6.07, 6.45) is 0.411. The molecule has 1 aromatic carbocycles. The number of hydrogen-bond acceptors (Lipinski definition) is 5. The molecule has 1 aromatic heterocycles. The number of furan rings is 1. The second-order valence-electron chi connectivity index (χ2n) is 5.37. The van der Waals surface area contributed by atoms with E-state index in [-0.39, 0.29) is 0 Å². The van der Waals surface area contributed by atoms with E-state index >= 15 is 0 Å². The van der Waals surface area contributed by atoms with E-state index < -0.39 is 30.4 Å². The van der Waals surface area contributed by atoms with Crippen molar-refractivity contribution in [2.24, 2.45) is 0 Å². The Morgan fingerprint density at radius 2 is 1.85 bits per heavy atom. The molecule has 6 nitrogen and oxygen atoms in total. The Kier molecular flexibility index (Phi) is 6.75. The van der Waals surface area contributed by atoms with Crippen molar-refractivity contribution in [2.75, 3.05) is 6.61 Å². The molecule has 2 atom stereocenters. The predicted molar refractivity (Wildman–Crippen MR) is 93.9 cm³/mol. The summed E-state index contributed by atoms with van der Waals surface area (Å²) in [6.45, 7) is 0.602. The van der Waals surface area contributed by atoms with Crippen molar-refractivity contribution in [3.63, 3.8) is 0 Å². The lowest BCUT2D eigenvalue weighted by Crippen LogP contribution is -2.48. The summed E-state index contributed by atoms with van der Waals surface area (Å²) in [5.74, 6) is 10.2. The fraction of sp³-hybridized carbons (Fsp3) is 0.200. The van der Waals surface area contributed by atoms with Crippen molar-refractivity contribution in [1.29, 1.82) is 0 Å². The van der Waals surface area contributed by atoms with Gasteiger partial charge in [0.1, 0.15) is 12.6 Å². The average Bonchev–Trinajstić information content (AvgIpc) is 3.16. The van der Waals surface area contributed by atoms with Crippen molar-refractivity contribution < 1.29 is 24.2 Å². The summed E-state index contributed by atoms with van der Waals surface area (Å²) >= 11 is 0. The molecule has 132 valence electrons. The van der Waals surface area contributed by atoms with Gasteiger partial charge in [0.2, 0.25) is 0 Å². The molecule has 6 heteroatoms. The fourth-order valence-electron chi connectivity index (χ4n) is 2.04. The molecule has 0 bridgehead atoms. The van der Waals surface area contributed by atoms with Gasteiger partial charge in [-0.05, 0) is 61.1 Å². The molecule has 3 N–H and O–H groups in total. The van der Waals surface area contributed by atoms with Crippen LogP contribution in [0.15, 0.2) is 47.1 Å². The summed E-state index contributed by atoms with van der Waals surface area (Å²) in [6, 6.07) is 8.66. The lowest BCUT2D eigenvalue weighted by atomic mass is 10.1. The maximum Gasteiger partial charge on any atom is 0.251 e. The Morgan fingerprint density at radius 1 is 1.15 bits per heavy atom. The van der Waals surface area contributed by atoms with Crippen molar-refractivity contribution >= 4 is 11.7 Å². The zero-order valence-electron chi connectivity index (χ0n) is 14.0. The van der Waals surface area contributed by atoms with Gasteiger partial charge in [-0.1, -0.05) is 5.92 Å². The van der Waals surface area contributed by atoms with Gasteiger partial charge in [-0.25, -0.2) is 0 Å². The number of aliphatic hydroxyl groups is 2. The molecule has 1 heterocycles. The van der Waals surface area contributed by atoms with Crippen molar-refractivity contribution in [2.45, 2.75) is 19.1 Å². The summed E-state index contributed by atoms with van der Waals surface area (Å²) in [7, 11) is 0. The minimum atomic E-state index is -1.16. The van der Waals surface area contributed by atoms with E-state index in [0.29, 0.717) is 16.9 Å². The number of benzene rings is 1. The van der Waals surface area contributed by atoms with Crippen LogP contribution in [0.5, 0.6) is 0 Å². The van der Waals surface area contributed by atoms with E-state index in [0.717, 1.165) is 0 Å². The smallest absolute Gasteiger partial charge is 0.251 e. The van der Waals surface area contributed by atoms with Crippen LogP contribution < -0.4 is 5.32 Å². The molecule has 0 saturated carbocycles. The molecule has 0 aliphatic rings. The number of amides is 1. The maximum atomic E-state index is 12.2. The van der Waals surface area contributed by atoms with Crippen molar-refractivity contribution in [3.8, 4) is 23.7 Å². The number of ketones is 1. The molecule has 26 heavy (non-hydrogen) atoms. The van der Waals surface area contributed by atoms with Gasteiger partial charge in [-0.15, -0.1) is 0 Å². The monoisotopic (exact) mass is 351 g/mol. The summed E-state index contributed by atoms with van der Waals surface area (Å²) < 4.78 is 5.06. The van der Waals surface area contributed by atoms with Gasteiger partial charge in [0, 0.05) is 11.1 Å². The number of nitrogens with one attached hydrogen (secondary N) is 1. The van der Waals surface area contributed by atoms with Crippen molar-refractivity contribution in [3.05, 3.63) is 59.5 Å². The van der Waals surface area contributed by atoms with E-state index in [2.05, 4.69) is 29.0 Å². The molecule has 0 spiro atoms. The lowest BCUT2D eigenvalue weighted by Gasteiger charge is -2.19. The van der Waals surface area contributed by atoms with Crippen LogP contribution in [-0.4, -0.2) is 40.7 Å². The Morgan fingerprint density at radius 3 is 2.42 bits per heavy atom. The van der Waals surface area contributed by atoms with E-state index in [1.807, 2.05) is 0 Å². The van der Waals surface area contributed by atoms with Crippen LogP contribution >= 0.6 is 0 Å². The molecule has 0 radical (unpaired) electrons. The van der Waals surface area contributed by atoms with E-state index in [1.54, 1.807) is 36.4 Å². The van der Waals surface area contributed by atoms with E-state index in [9.17, 15) is 14.7 Å². The normalized spacial score (nSPS) is 12.0. The van der Waals surface area contributed by atoms with Crippen molar-refractivity contribution in [1.82, 2.24) is 5.32 Å². The van der Waals surface area contributed by atoms with Crippen LogP contribution in [0.2, 0.25) is 0 Å². The maximum absolute atomic E-state index is 12.2. The highest BCUT2D eigenvalue weighted by Crippen LogP contribution is 2.05. The number of rotatable bonds is 5. The van der Waals surface area contributed by atoms with Crippen LogP contribution in [0.4, 0.5) is 0 Å². The SMILES string of the molecule is C[C@H](O)[C@H](NC(=O)c1ccc(C#CC#Cc2ccco2)cc1)C(=O)CO. The highest BCUT2D eigenvalue weighted by Gasteiger charge is 2.25. The average molecular weight is 351 g/mol. The number of carbonyl (C=O) groups is 2. The molecular formula is C20H17NO5. The van der Waals surface area contributed by atoms with Gasteiger partial charge in [0.05, 0.1) is 12.4 Å². The van der Waals surface area contributed by atoms with Gasteiger partial charge in [0.15, 0.2) is 11.5 Å². The third-order valence-corrected chi connectivity index (χ3v) is 3.40. The fourth-order valence-corrected chi connectivity index (χ4v) is 2.04. The molecule has 0 saturated heterocycles. The van der Waals surface area contributed by atoms with E-state index in [4.69, 9.17) is 9.52 Å². The molecule has 2 rings (SSSR count). The summed E-state index contributed by atoms with van der Waals surface area (Å²) in [4.78, 5) is 23.7. The Hall–Kier alpha value is -3.32. The zero-order valence-corrected chi connectivity index (χ0v) is 14.0. The third kappa shape index (κ3) is 5.35. The Labute approximate surface area is 150 Å². The number of hydrogen-bond donors (Lipinski definition) is 3. The number of aliphatic hydroxyl groups excluding tert-OH is 2. The molecule has 2 aromatic rings. The highest BCUT2D eigenvalue weighted by atomic mass is 16.3. The van der Waals surface area contributed by atoms with Gasteiger partial charge in [-0.3, -0.25) is 9.59 Å². The summed E-state index contributed by atoms with van der Waals surface area (Å²) in [5, 5.41) is 20.9. The quantitative estimate of drug-likeness (QED) is 0.690. The summed E-state index contributed by atoms with van der Waals surface area (Å²) in [5.41, 5.74) is 0.961. The standard InChI is InChI=1S/C20H17NO5/c1-14(23)19(18(24)13-22)21-20(25)16-10-8-15(9-11-16)5-2-3-6-17-7-4-12-26-17/h4,7-12,14,19,22-23H,13H2,1H3,(H,21,25)/t14-,19-/m0/s1.